The SMILES string of the molecule is CC1CCCN1C(=O)Oc1cc(Cl)nc(Cl)c1. The van der Waals surface area contributed by atoms with E-state index in [1.54, 1.807) is 4.90 Å². The molecule has 1 aromatic rings. The summed E-state index contributed by atoms with van der Waals surface area (Å²) >= 11 is 11.4. The van der Waals surface area contributed by atoms with Crippen LogP contribution in [-0.2, 0) is 0 Å². The van der Waals surface area contributed by atoms with Crippen LogP contribution in [0.4, 0.5) is 4.79 Å². The first-order valence-electron chi connectivity index (χ1n) is 5.38. The van der Waals surface area contributed by atoms with E-state index in [1.807, 2.05) is 6.92 Å². The average molecular weight is 275 g/mol. The maximum absolute atomic E-state index is 11.8. The third-order valence-electron chi connectivity index (χ3n) is 2.73. The highest BCUT2D eigenvalue weighted by atomic mass is 35.5. The molecule has 2 rings (SSSR count). The van der Waals surface area contributed by atoms with E-state index in [0.29, 0.717) is 5.75 Å². The number of hydrogen-bond donors (Lipinski definition) is 0. The number of aromatic nitrogens is 1. The van der Waals surface area contributed by atoms with Crippen molar-refractivity contribution in [2.45, 2.75) is 25.8 Å². The van der Waals surface area contributed by atoms with Crippen molar-refractivity contribution in [3.63, 3.8) is 0 Å². The lowest BCUT2D eigenvalue weighted by atomic mass is 10.2. The van der Waals surface area contributed by atoms with Gasteiger partial charge in [0.25, 0.3) is 0 Å². The van der Waals surface area contributed by atoms with Crippen molar-refractivity contribution in [2.75, 3.05) is 6.54 Å². The first-order chi connectivity index (χ1) is 8.06. The molecule has 1 aromatic heterocycles. The molecule has 0 saturated carbocycles. The topological polar surface area (TPSA) is 42.4 Å². The molecule has 1 saturated heterocycles. The zero-order chi connectivity index (χ0) is 12.4. The maximum Gasteiger partial charge on any atom is 0.415 e. The van der Waals surface area contributed by atoms with E-state index >= 15 is 0 Å². The van der Waals surface area contributed by atoms with Crippen LogP contribution in [0.3, 0.4) is 0 Å². The molecule has 1 fully saturated rings. The van der Waals surface area contributed by atoms with Crippen LogP contribution in [0.1, 0.15) is 19.8 Å². The predicted octanol–water partition coefficient (Wildman–Crippen LogP) is 3.37. The summed E-state index contributed by atoms with van der Waals surface area (Å²) in [6.45, 7) is 2.73. The summed E-state index contributed by atoms with van der Waals surface area (Å²) < 4.78 is 5.21. The van der Waals surface area contributed by atoms with E-state index in [1.165, 1.54) is 12.1 Å². The summed E-state index contributed by atoms with van der Waals surface area (Å²) in [6, 6.07) is 3.15. The highest BCUT2D eigenvalue weighted by molar-refractivity contribution is 6.32. The number of pyridine rings is 1. The Morgan fingerprint density at radius 3 is 2.65 bits per heavy atom. The van der Waals surface area contributed by atoms with Gasteiger partial charge in [-0.2, -0.15) is 0 Å². The summed E-state index contributed by atoms with van der Waals surface area (Å²) in [5.74, 6) is 0.319. The molecule has 4 nitrogen and oxygen atoms in total. The quantitative estimate of drug-likeness (QED) is 0.738. The number of likely N-dealkylation sites (tertiary alicyclic amines) is 1. The smallest absolute Gasteiger partial charge is 0.410 e. The Kier molecular flexibility index (Phi) is 3.74. The van der Waals surface area contributed by atoms with Crippen molar-refractivity contribution < 1.29 is 9.53 Å². The van der Waals surface area contributed by atoms with Crippen LogP contribution < -0.4 is 4.74 Å². The van der Waals surface area contributed by atoms with Gasteiger partial charge in [0.2, 0.25) is 0 Å². The fourth-order valence-electron chi connectivity index (χ4n) is 1.87. The fourth-order valence-corrected chi connectivity index (χ4v) is 2.31. The van der Waals surface area contributed by atoms with Crippen molar-refractivity contribution >= 4 is 29.3 Å². The van der Waals surface area contributed by atoms with Gasteiger partial charge in [-0.25, -0.2) is 9.78 Å². The molecule has 0 bridgehead atoms. The Balaban J connectivity index is 2.07. The van der Waals surface area contributed by atoms with E-state index in [-0.39, 0.29) is 22.4 Å². The third kappa shape index (κ3) is 3.01. The molecule has 2 heterocycles. The molecule has 0 N–H and O–H groups in total. The molecule has 0 radical (unpaired) electrons. The lowest BCUT2D eigenvalue weighted by molar-refractivity contribution is 0.150. The fraction of sp³-hybridized carbons (Fsp3) is 0.455. The molecule has 1 atom stereocenters. The standard InChI is InChI=1S/C11H12Cl2N2O2/c1-7-3-2-4-15(7)11(16)17-8-5-9(12)14-10(13)6-8/h5-7H,2-4H2,1H3. The van der Waals surface area contributed by atoms with Gasteiger partial charge in [0, 0.05) is 24.7 Å². The number of hydrogen-bond acceptors (Lipinski definition) is 3. The Morgan fingerprint density at radius 1 is 1.47 bits per heavy atom. The summed E-state index contributed by atoms with van der Waals surface area (Å²) in [6.07, 6.45) is 1.65. The zero-order valence-electron chi connectivity index (χ0n) is 9.32. The second-order valence-electron chi connectivity index (χ2n) is 4.00. The average Bonchev–Trinajstić information content (AvgIpc) is 2.62. The van der Waals surface area contributed by atoms with Crippen molar-refractivity contribution in [3.8, 4) is 5.75 Å². The van der Waals surface area contributed by atoms with Crippen LogP contribution >= 0.6 is 23.2 Å². The van der Waals surface area contributed by atoms with E-state index in [9.17, 15) is 4.79 Å². The summed E-state index contributed by atoms with van der Waals surface area (Å²) in [7, 11) is 0. The first kappa shape index (κ1) is 12.5. The van der Waals surface area contributed by atoms with Crippen molar-refractivity contribution in [2.24, 2.45) is 0 Å². The number of carbonyl (C=O) groups is 1. The third-order valence-corrected chi connectivity index (χ3v) is 3.12. The van der Waals surface area contributed by atoms with Crippen LogP contribution in [0, 0.1) is 0 Å². The summed E-state index contributed by atoms with van der Waals surface area (Å²) in [5.41, 5.74) is 0. The molecule has 6 heteroatoms. The van der Waals surface area contributed by atoms with Gasteiger partial charge in [-0.05, 0) is 19.8 Å². The monoisotopic (exact) mass is 274 g/mol. The Bertz CT molecular complexity index is 419. The predicted molar refractivity (Wildman–Crippen MR) is 65.7 cm³/mol. The molecular weight excluding hydrogens is 263 g/mol. The Hall–Kier alpha value is -1.00. The van der Waals surface area contributed by atoms with Gasteiger partial charge in [0.05, 0.1) is 0 Å². The lowest BCUT2D eigenvalue weighted by Gasteiger charge is -2.20. The van der Waals surface area contributed by atoms with E-state index in [4.69, 9.17) is 27.9 Å². The van der Waals surface area contributed by atoms with Crippen LogP contribution in [0.25, 0.3) is 0 Å². The highest BCUT2D eigenvalue weighted by Gasteiger charge is 2.26. The minimum absolute atomic E-state index is 0.203. The number of carbonyl (C=O) groups excluding carboxylic acids is 1. The zero-order valence-corrected chi connectivity index (χ0v) is 10.8. The van der Waals surface area contributed by atoms with Crippen molar-refractivity contribution in [1.29, 1.82) is 0 Å². The Morgan fingerprint density at radius 2 is 2.12 bits per heavy atom. The lowest BCUT2D eigenvalue weighted by Crippen LogP contribution is -2.35. The van der Waals surface area contributed by atoms with Gasteiger partial charge >= 0.3 is 6.09 Å². The summed E-state index contributed by atoms with van der Waals surface area (Å²) in [4.78, 5) is 17.3. The van der Waals surface area contributed by atoms with Crippen molar-refractivity contribution in [1.82, 2.24) is 9.88 Å². The largest absolute Gasteiger partial charge is 0.415 e. The molecule has 1 aliphatic heterocycles. The van der Waals surface area contributed by atoms with E-state index in [0.717, 1.165) is 19.4 Å². The normalized spacial score (nSPS) is 19.5. The number of nitrogens with zero attached hydrogens (tertiary/aromatic N) is 2. The van der Waals surface area contributed by atoms with Crippen LogP contribution in [0.2, 0.25) is 10.3 Å². The second-order valence-corrected chi connectivity index (χ2v) is 4.78. The molecule has 1 aliphatic rings. The maximum atomic E-state index is 11.8. The minimum Gasteiger partial charge on any atom is -0.410 e. The van der Waals surface area contributed by atoms with Crippen LogP contribution in [0.5, 0.6) is 5.75 Å². The van der Waals surface area contributed by atoms with Gasteiger partial charge in [-0.3, -0.25) is 0 Å². The van der Waals surface area contributed by atoms with Gasteiger partial charge in [-0.1, -0.05) is 23.2 Å². The Labute approximate surface area is 109 Å². The van der Waals surface area contributed by atoms with Gasteiger partial charge in [-0.15, -0.1) is 0 Å². The molecular formula is C11H12Cl2N2O2. The molecule has 92 valence electrons. The molecule has 0 aromatic carbocycles. The number of amides is 1. The highest BCUT2D eigenvalue weighted by Crippen LogP contribution is 2.23. The molecule has 1 amide bonds. The van der Waals surface area contributed by atoms with Gasteiger partial charge in [0.1, 0.15) is 16.1 Å². The van der Waals surface area contributed by atoms with E-state index < -0.39 is 0 Å². The molecule has 1 unspecified atom stereocenters. The molecule has 17 heavy (non-hydrogen) atoms. The number of halogens is 2. The van der Waals surface area contributed by atoms with Gasteiger partial charge < -0.3 is 9.64 Å². The molecule has 0 spiro atoms. The van der Waals surface area contributed by atoms with Crippen molar-refractivity contribution in [3.05, 3.63) is 22.4 Å². The minimum atomic E-state index is -0.367. The number of rotatable bonds is 1. The van der Waals surface area contributed by atoms with Crippen LogP contribution in [-0.4, -0.2) is 28.6 Å². The van der Waals surface area contributed by atoms with E-state index in [2.05, 4.69) is 4.98 Å². The first-order valence-corrected chi connectivity index (χ1v) is 6.13. The van der Waals surface area contributed by atoms with Crippen LogP contribution in [0.15, 0.2) is 12.1 Å². The second kappa shape index (κ2) is 5.10. The molecule has 0 aliphatic carbocycles. The number of ether oxygens (including phenoxy) is 1. The summed E-state index contributed by atoms with van der Waals surface area (Å²) in [5, 5.41) is 0.407. The van der Waals surface area contributed by atoms with Gasteiger partial charge in [0.15, 0.2) is 0 Å².